The Hall–Kier alpha value is -1.84. The molecule has 0 fully saturated rings. The van der Waals surface area contributed by atoms with Gasteiger partial charge in [-0.15, -0.1) is 0 Å². The number of esters is 2. The predicted molar refractivity (Wildman–Crippen MR) is 206 cm³/mol. The number of carbonyl (C=O) groups is 2. The van der Waals surface area contributed by atoms with Crippen LogP contribution in [0.25, 0.3) is 0 Å². The van der Waals surface area contributed by atoms with Gasteiger partial charge in [0.15, 0.2) is 0 Å². The molecule has 0 saturated carbocycles. The summed E-state index contributed by atoms with van der Waals surface area (Å²) in [6.07, 6.45) is 30.2. The van der Waals surface area contributed by atoms with Gasteiger partial charge in [0, 0.05) is 0 Å². The Morgan fingerprint density at radius 3 is 1.02 bits per heavy atom. The Bertz CT molecular complexity index is 834. The first-order chi connectivity index (χ1) is 23.3. The van der Waals surface area contributed by atoms with E-state index in [0.717, 1.165) is 63.2 Å². The average Bonchev–Trinajstić information content (AvgIpc) is 3.06. The third-order valence-corrected chi connectivity index (χ3v) is 9.79. The highest BCUT2D eigenvalue weighted by Crippen LogP contribution is 2.23. The summed E-state index contributed by atoms with van der Waals surface area (Å²) >= 11 is 0. The van der Waals surface area contributed by atoms with Gasteiger partial charge in [0.1, 0.15) is 12.2 Å². The molecule has 0 amide bonds. The van der Waals surface area contributed by atoms with Gasteiger partial charge in [-0.05, 0) is 75.3 Å². The number of carbonyl (C=O) groups excluding carboxylic acids is 2. The maximum atomic E-state index is 13.6. The molecule has 4 heteroatoms. The van der Waals surface area contributed by atoms with Gasteiger partial charge in [0.05, 0.1) is 11.1 Å². The molecule has 0 aliphatic carbocycles. The molecule has 1 aromatic carbocycles. The van der Waals surface area contributed by atoms with Crippen LogP contribution in [0.2, 0.25) is 0 Å². The fourth-order valence-electron chi connectivity index (χ4n) is 6.65. The third kappa shape index (κ3) is 23.5. The lowest BCUT2D eigenvalue weighted by atomic mass is 10.00. The van der Waals surface area contributed by atoms with E-state index in [2.05, 4.69) is 41.5 Å². The minimum atomic E-state index is -0.380. The molecular weight excluding hydrogens is 592 g/mol. The molecule has 0 radical (unpaired) electrons. The largest absolute Gasteiger partial charge is 0.459 e. The maximum absolute atomic E-state index is 13.6. The first-order valence-corrected chi connectivity index (χ1v) is 20.8. The second-order valence-corrected chi connectivity index (χ2v) is 15.5. The molecule has 48 heavy (non-hydrogen) atoms. The molecule has 1 rings (SSSR count). The summed E-state index contributed by atoms with van der Waals surface area (Å²) < 4.78 is 12.4. The summed E-state index contributed by atoms with van der Waals surface area (Å²) in [5.74, 6) is 0.690. The predicted octanol–water partition coefficient (Wildman–Crippen LogP) is 14.2. The van der Waals surface area contributed by atoms with Gasteiger partial charge in [0.2, 0.25) is 0 Å². The van der Waals surface area contributed by atoms with E-state index in [4.69, 9.17) is 9.47 Å². The van der Waals surface area contributed by atoms with Crippen LogP contribution in [0.1, 0.15) is 229 Å². The third-order valence-electron chi connectivity index (χ3n) is 9.79. The van der Waals surface area contributed by atoms with Gasteiger partial charge in [-0.1, -0.05) is 169 Å². The molecule has 0 bridgehead atoms. The Morgan fingerprint density at radius 1 is 0.438 bits per heavy atom. The van der Waals surface area contributed by atoms with Crippen LogP contribution in [0.4, 0.5) is 0 Å². The normalized spacial score (nSPS) is 12.8. The van der Waals surface area contributed by atoms with Gasteiger partial charge < -0.3 is 9.47 Å². The lowest BCUT2D eigenvalue weighted by Gasteiger charge is -2.21. The standard InChI is InChI=1S/C44H78O4/c1-7-9-11-13-15-17-23-31-39(33-25-19-21-29-37(3)4)47-43(45)41-35-27-28-36-42(41)44(46)48-40(34-26-20-22-30-38(5)6)32-24-18-16-14-12-10-8-2/h27-28,35-40H,7-26,29-34H2,1-6H3. The van der Waals surface area contributed by atoms with E-state index in [1.165, 1.54) is 116 Å². The monoisotopic (exact) mass is 671 g/mol. The van der Waals surface area contributed by atoms with Crippen molar-refractivity contribution in [2.75, 3.05) is 0 Å². The highest BCUT2D eigenvalue weighted by Gasteiger charge is 2.24. The number of rotatable bonds is 32. The number of hydrogen-bond donors (Lipinski definition) is 0. The molecule has 0 aliphatic rings. The van der Waals surface area contributed by atoms with E-state index < -0.39 is 0 Å². The zero-order valence-corrected chi connectivity index (χ0v) is 32.6. The topological polar surface area (TPSA) is 52.6 Å². The molecule has 0 N–H and O–H groups in total. The Labute approximate surface area is 298 Å². The van der Waals surface area contributed by atoms with E-state index in [1.54, 1.807) is 12.1 Å². The van der Waals surface area contributed by atoms with Crippen LogP contribution in [0.3, 0.4) is 0 Å². The summed E-state index contributed by atoms with van der Waals surface area (Å²) in [6.45, 7) is 13.6. The van der Waals surface area contributed by atoms with Crippen molar-refractivity contribution in [3.8, 4) is 0 Å². The zero-order chi connectivity index (χ0) is 35.2. The molecule has 1 aromatic rings. The van der Waals surface area contributed by atoms with E-state index >= 15 is 0 Å². The molecule has 0 spiro atoms. The smallest absolute Gasteiger partial charge is 0.339 e. The number of ether oxygens (including phenoxy) is 2. The van der Waals surface area contributed by atoms with Gasteiger partial charge in [-0.2, -0.15) is 0 Å². The lowest BCUT2D eigenvalue weighted by molar-refractivity contribution is 0.0200. The number of hydrogen-bond acceptors (Lipinski definition) is 4. The second-order valence-electron chi connectivity index (χ2n) is 15.5. The highest BCUT2D eigenvalue weighted by atomic mass is 16.5. The van der Waals surface area contributed by atoms with Gasteiger partial charge in [-0.3, -0.25) is 0 Å². The molecule has 2 unspecified atom stereocenters. The minimum Gasteiger partial charge on any atom is -0.459 e. The molecule has 278 valence electrons. The molecular formula is C44H78O4. The van der Waals surface area contributed by atoms with Crippen molar-refractivity contribution < 1.29 is 19.1 Å². The van der Waals surface area contributed by atoms with Crippen LogP contribution in [0, 0.1) is 11.8 Å². The maximum Gasteiger partial charge on any atom is 0.339 e. The van der Waals surface area contributed by atoms with E-state index in [0.29, 0.717) is 11.1 Å². The van der Waals surface area contributed by atoms with Crippen molar-refractivity contribution in [2.45, 2.75) is 221 Å². The number of unbranched alkanes of at least 4 members (excludes halogenated alkanes) is 16. The first kappa shape index (κ1) is 44.2. The van der Waals surface area contributed by atoms with Crippen molar-refractivity contribution in [1.82, 2.24) is 0 Å². The Morgan fingerprint density at radius 2 is 0.708 bits per heavy atom. The van der Waals surface area contributed by atoms with Crippen LogP contribution < -0.4 is 0 Å². The summed E-state index contributed by atoms with van der Waals surface area (Å²) in [5.41, 5.74) is 0.692. The van der Waals surface area contributed by atoms with Crippen LogP contribution in [-0.2, 0) is 9.47 Å². The summed E-state index contributed by atoms with van der Waals surface area (Å²) in [7, 11) is 0. The van der Waals surface area contributed by atoms with E-state index in [-0.39, 0.29) is 24.1 Å². The van der Waals surface area contributed by atoms with E-state index in [1.807, 2.05) is 12.1 Å². The van der Waals surface area contributed by atoms with Crippen molar-refractivity contribution in [2.24, 2.45) is 11.8 Å². The molecule has 4 nitrogen and oxygen atoms in total. The SMILES string of the molecule is CCCCCCCCCC(CCCCCC(C)C)OC(=O)c1ccccc1C(=O)OC(CCCCCCCCC)CCCCCC(C)C. The zero-order valence-electron chi connectivity index (χ0n) is 32.6. The average molecular weight is 671 g/mol. The molecule has 2 atom stereocenters. The first-order valence-electron chi connectivity index (χ1n) is 20.8. The fourth-order valence-corrected chi connectivity index (χ4v) is 6.65. The molecule has 0 saturated heterocycles. The van der Waals surface area contributed by atoms with Crippen molar-refractivity contribution >= 4 is 11.9 Å². The van der Waals surface area contributed by atoms with Gasteiger partial charge in [0.25, 0.3) is 0 Å². The van der Waals surface area contributed by atoms with Gasteiger partial charge >= 0.3 is 11.9 Å². The van der Waals surface area contributed by atoms with Crippen LogP contribution >= 0.6 is 0 Å². The lowest BCUT2D eigenvalue weighted by Crippen LogP contribution is -2.23. The summed E-state index contributed by atoms with van der Waals surface area (Å²) in [6, 6.07) is 7.14. The van der Waals surface area contributed by atoms with Crippen LogP contribution in [0.5, 0.6) is 0 Å². The minimum absolute atomic E-state index is 0.104. The molecule has 0 aliphatic heterocycles. The summed E-state index contributed by atoms with van der Waals surface area (Å²) in [4.78, 5) is 27.3. The Balaban J connectivity index is 2.85. The van der Waals surface area contributed by atoms with E-state index in [9.17, 15) is 9.59 Å². The fraction of sp³-hybridized carbons (Fsp3) is 0.818. The molecule has 0 heterocycles. The quantitative estimate of drug-likeness (QED) is 0.0565. The van der Waals surface area contributed by atoms with Crippen LogP contribution in [-0.4, -0.2) is 24.1 Å². The molecule has 0 aromatic heterocycles. The van der Waals surface area contributed by atoms with Crippen molar-refractivity contribution in [3.63, 3.8) is 0 Å². The van der Waals surface area contributed by atoms with Crippen molar-refractivity contribution in [3.05, 3.63) is 35.4 Å². The summed E-state index contributed by atoms with van der Waals surface area (Å²) in [5, 5.41) is 0. The van der Waals surface area contributed by atoms with Crippen molar-refractivity contribution in [1.29, 1.82) is 0 Å². The van der Waals surface area contributed by atoms with Crippen LogP contribution in [0.15, 0.2) is 24.3 Å². The number of benzene rings is 1. The highest BCUT2D eigenvalue weighted by molar-refractivity contribution is 6.03. The second kappa shape index (κ2) is 30.0. The Kier molecular flexibility index (Phi) is 27.6. The van der Waals surface area contributed by atoms with Gasteiger partial charge in [-0.25, -0.2) is 9.59 Å².